The van der Waals surface area contributed by atoms with E-state index in [0.717, 1.165) is 17.9 Å². The Hall–Kier alpha value is -1.76. The van der Waals surface area contributed by atoms with Crippen LogP contribution >= 0.6 is 0 Å². The summed E-state index contributed by atoms with van der Waals surface area (Å²) in [4.78, 5) is 4.64. The Balaban J connectivity index is 2.71. The van der Waals surface area contributed by atoms with Crippen LogP contribution in [0.1, 0.15) is 38.7 Å². The zero-order valence-electron chi connectivity index (χ0n) is 15.9. The standard InChI is InChI=1S/C18H31N3O3S/c1-6-19-18(21-15(3)11-12-25(5,22)23)20-13-14(2)16-9-7-8-10-17(16)24-4/h7-10,14-15H,6,11-13H2,1-5H3,(H2,19,20,21). The van der Waals surface area contributed by atoms with Gasteiger partial charge in [-0.25, -0.2) is 8.42 Å². The summed E-state index contributed by atoms with van der Waals surface area (Å²) in [5, 5.41) is 6.47. The van der Waals surface area contributed by atoms with Gasteiger partial charge in [0.1, 0.15) is 15.6 Å². The molecule has 0 amide bonds. The van der Waals surface area contributed by atoms with E-state index in [4.69, 9.17) is 4.74 Å². The Morgan fingerprint density at radius 3 is 2.56 bits per heavy atom. The summed E-state index contributed by atoms with van der Waals surface area (Å²) < 4.78 is 28.0. The van der Waals surface area contributed by atoms with Gasteiger partial charge in [0.05, 0.1) is 12.9 Å². The van der Waals surface area contributed by atoms with Gasteiger partial charge in [-0.1, -0.05) is 25.1 Å². The van der Waals surface area contributed by atoms with Gasteiger partial charge in [0, 0.05) is 31.3 Å². The van der Waals surface area contributed by atoms with Crippen molar-refractivity contribution in [2.45, 2.75) is 39.2 Å². The number of guanidine groups is 1. The van der Waals surface area contributed by atoms with Crippen molar-refractivity contribution in [3.05, 3.63) is 29.8 Å². The van der Waals surface area contributed by atoms with E-state index in [1.807, 2.05) is 38.1 Å². The fraction of sp³-hybridized carbons (Fsp3) is 0.611. The van der Waals surface area contributed by atoms with E-state index in [-0.39, 0.29) is 17.7 Å². The minimum Gasteiger partial charge on any atom is -0.496 e. The van der Waals surface area contributed by atoms with Gasteiger partial charge in [-0.05, 0) is 31.9 Å². The molecule has 2 atom stereocenters. The second-order valence-corrected chi connectivity index (χ2v) is 8.59. The fourth-order valence-electron chi connectivity index (χ4n) is 2.42. The molecule has 0 radical (unpaired) electrons. The number of benzene rings is 1. The van der Waals surface area contributed by atoms with Crippen molar-refractivity contribution < 1.29 is 13.2 Å². The maximum Gasteiger partial charge on any atom is 0.191 e. The number of methoxy groups -OCH3 is 1. The first kappa shape index (κ1) is 21.3. The van der Waals surface area contributed by atoms with Crippen LogP contribution in [-0.4, -0.2) is 52.6 Å². The molecule has 0 saturated carbocycles. The van der Waals surface area contributed by atoms with Gasteiger partial charge in [0.25, 0.3) is 0 Å². The molecule has 1 aromatic rings. The highest BCUT2D eigenvalue weighted by atomic mass is 32.2. The highest BCUT2D eigenvalue weighted by Crippen LogP contribution is 2.26. The molecule has 0 aromatic heterocycles. The predicted molar refractivity (Wildman–Crippen MR) is 104 cm³/mol. The molecule has 0 spiro atoms. The Labute approximate surface area is 152 Å². The maximum absolute atomic E-state index is 11.3. The SMILES string of the molecule is CCNC(=NCC(C)c1ccccc1OC)NC(C)CCS(C)(=O)=O. The molecule has 0 fully saturated rings. The van der Waals surface area contributed by atoms with Crippen molar-refractivity contribution in [3.63, 3.8) is 0 Å². The zero-order chi connectivity index (χ0) is 18.9. The van der Waals surface area contributed by atoms with Gasteiger partial charge in [-0.2, -0.15) is 0 Å². The number of aliphatic imine (C=N–C) groups is 1. The number of para-hydroxylation sites is 1. The van der Waals surface area contributed by atoms with Crippen LogP contribution in [0, 0.1) is 0 Å². The quantitative estimate of drug-likeness (QED) is 0.515. The number of rotatable bonds is 9. The van der Waals surface area contributed by atoms with Crippen molar-refractivity contribution in [1.82, 2.24) is 10.6 Å². The lowest BCUT2D eigenvalue weighted by atomic mass is 10.0. The average Bonchev–Trinajstić information content (AvgIpc) is 2.57. The molecule has 0 aliphatic heterocycles. The van der Waals surface area contributed by atoms with Gasteiger partial charge in [0.15, 0.2) is 5.96 Å². The van der Waals surface area contributed by atoms with Crippen molar-refractivity contribution in [3.8, 4) is 5.75 Å². The molecule has 0 heterocycles. The third-order valence-electron chi connectivity index (χ3n) is 3.84. The molecule has 6 nitrogen and oxygen atoms in total. The zero-order valence-corrected chi connectivity index (χ0v) is 16.7. The van der Waals surface area contributed by atoms with Crippen LogP contribution in [0.2, 0.25) is 0 Å². The van der Waals surface area contributed by atoms with Crippen molar-refractivity contribution in [2.75, 3.05) is 32.2 Å². The highest BCUT2D eigenvalue weighted by molar-refractivity contribution is 7.90. The van der Waals surface area contributed by atoms with Crippen LogP contribution in [0.15, 0.2) is 29.3 Å². The molecular weight excluding hydrogens is 338 g/mol. The summed E-state index contributed by atoms with van der Waals surface area (Å²) in [7, 11) is -1.28. The van der Waals surface area contributed by atoms with Crippen LogP contribution < -0.4 is 15.4 Å². The second-order valence-electron chi connectivity index (χ2n) is 6.33. The van der Waals surface area contributed by atoms with E-state index in [9.17, 15) is 8.42 Å². The number of sulfone groups is 1. The summed E-state index contributed by atoms with van der Waals surface area (Å²) >= 11 is 0. The largest absolute Gasteiger partial charge is 0.496 e. The fourth-order valence-corrected chi connectivity index (χ4v) is 3.20. The first-order chi connectivity index (χ1) is 11.8. The summed E-state index contributed by atoms with van der Waals surface area (Å²) in [6.07, 6.45) is 1.80. The third-order valence-corrected chi connectivity index (χ3v) is 4.82. The van der Waals surface area contributed by atoms with Crippen molar-refractivity contribution in [2.24, 2.45) is 4.99 Å². The normalized spacial score (nSPS) is 14.7. The Morgan fingerprint density at radius 2 is 1.96 bits per heavy atom. The molecule has 0 aliphatic rings. The minimum atomic E-state index is -2.95. The lowest BCUT2D eigenvalue weighted by Crippen LogP contribution is -2.43. The number of nitrogens with one attached hydrogen (secondary N) is 2. The number of nitrogens with zero attached hydrogens (tertiary/aromatic N) is 1. The van der Waals surface area contributed by atoms with E-state index in [0.29, 0.717) is 18.9 Å². The Kier molecular flexibility index (Phi) is 8.75. The molecule has 2 unspecified atom stereocenters. The van der Waals surface area contributed by atoms with E-state index in [2.05, 4.69) is 22.5 Å². The summed E-state index contributed by atoms with van der Waals surface area (Å²) in [6.45, 7) is 7.42. The van der Waals surface area contributed by atoms with Gasteiger partial charge >= 0.3 is 0 Å². The molecule has 25 heavy (non-hydrogen) atoms. The Morgan fingerprint density at radius 1 is 1.28 bits per heavy atom. The molecule has 7 heteroatoms. The van der Waals surface area contributed by atoms with Crippen molar-refractivity contribution >= 4 is 15.8 Å². The molecule has 0 saturated heterocycles. The number of ether oxygens (including phenoxy) is 1. The highest BCUT2D eigenvalue weighted by Gasteiger charge is 2.12. The second kappa shape index (κ2) is 10.3. The van der Waals surface area contributed by atoms with Gasteiger partial charge in [-0.3, -0.25) is 4.99 Å². The first-order valence-corrected chi connectivity index (χ1v) is 10.7. The molecule has 142 valence electrons. The summed E-state index contributed by atoms with van der Waals surface area (Å²) in [5.41, 5.74) is 1.12. The third kappa shape index (κ3) is 8.25. The van der Waals surface area contributed by atoms with E-state index in [1.165, 1.54) is 6.26 Å². The number of hydrogen-bond donors (Lipinski definition) is 2. The molecule has 1 rings (SSSR count). The predicted octanol–water partition coefficient (Wildman–Crippen LogP) is 2.18. The minimum absolute atomic E-state index is 0.0223. The first-order valence-electron chi connectivity index (χ1n) is 8.62. The lowest BCUT2D eigenvalue weighted by Gasteiger charge is -2.19. The van der Waals surface area contributed by atoms with E-state index in [1.54, 1.807) is 7.11 Å². The summed E-state index contributed by atoms with van der Waals surface area (Å²) in [5.74, 6) is 1.94. The van der Waals surface area contributed by atoms with E-state index >= 15 is 0 Å². The molecule has 0 aliphatic carbocycles. The topological polar surface area (TPSA) is 79.8 Å². The molecular formula is C18H31N3O3S. The molecule has 0 bridgehead atoms. The molecule has 1 aromatic carbocycles. The maximum atomic E-state index is 11.3. The number of hydrogen-bond acceptors (Lipinski definition) is 4. The van der Waals surface area contributed by atoms with Gasteiger partial charge in [-0.15, -0.1) is 0 Å². The van der Waals surface area contributed by atoms with Gasteiger partial charge < -0.3 is 15.4 Å². The summed E-state index contributed by atoms with van der Waals surface area (Å²) in [6, 6.07) is 7.97. The lowest BCUT2D eigenvalue weighted by molar-refractivity contribution is 0.406. The van der Waals surface area contributed by atoms with Crippen LogP contribution in [0.3, 0.4) is 0 Å². The van der Waals surface area contributed by atoms with Crippen LogP contribution in [0.4, 0.5) is 0 Å². The average molecular weight is 370 g/mol. The van der Waals surface area contributed by atoms with Crippen LogP contribution in [-0.2, 0) is 9.84 Å². The van der Waals surface area contributed by atoms with Crippen LogP contribution in [0.5, 0.6) is 5.75 Å². The molecule has 2 N–H and O–H groups in total. The smallest absolute Gasteiger partial charge is 0.191 e. The van der Waals surface area contributed by atoms with Crippen molar-refractivity contribution in [1.29, 1.82) is 0 Å². The Bertz CT molecular complexity index is 659. The van der Waals surface area contributed by atoms with Gasteiger partial charge in [0.2, 0.25) is 0 Å². The van der Waals surface area contributed by atoms with E-state index < -0.39 is 9.84 Å². The van der Waals surface area contributed by atoms with Crippen LogP contribution in [0.25, 0.3) is 0 Å². The monoisotopic (exact) mass is 369 g/mol.